The largest absolute Gasteiger partial charge is 0.368 e. The fourth-order valence-electron chi connectivity index (χ4n) is 2.60. The Bertz CT molecular complexity index is 134. The van der Waals surface area contributed by atoms with E-state index in [1.807, 2.05) is 0 Å². The summed E-state index contributed by atoms with van der Waals surface area (Å²) in [7, 11) is 0. The van der Waals surface area contributed by atoms with Crippen LogP contribution in [-0.4, -0.2) is 16.5 Å². The molecule has 2 aliphatic carbocycles. The topological polar surface area (TPSA) is 40.5 Å². The molecule has 2 bridgehead atoms. The number of hydrogen-bond acceptors (Lipinski definition) is 2. The number of hydrogen-bond donors (Lipinski definition) is 2. The highest BCUT2D eigenvalue weighted by Gasteiger charge is 2.48. The van der Waals surface area contributed by atoms with E-state index < -0.39 is 6.29 Å². The summed E-state index contributed by atoms with van der Waals surface area (Å²) < 4.78 is 0. The van der Waals surface area contributed by atoms with Crippen LogP contribution in [-0.2, 0) is 0 Å². The van der Waals surface area contributed by atoms with Crippen LogP contribution in [0.15, 0.2) is 0 Å². The molecule has 0 aromatic heterocycles. The van der Waals surface area contributed by atoms with Gasteiger partial charge in [-0.2, -0.15) is 0 Å². The summed E-state index contributed by atoms with van der Waals surface area (Å²) in [5.41, 5.74) is -0.0787. The highest BCUT2D eigenvalue weighted by molar-refractivity contribution is 4.96. The third kappa shape index (κ3) is 0.722. The molecule has 0 aromatic carbocycles. The van der Waals surface area contributed by atoms with Gasteiger partial charge in [-0.15, -0.1) is 0 Å². The summed E-state index contributed by atoms with van der Waals surface area (Å²) in [4.78, 5) is 0. The zero-order valence-electron chi connectivity index (χ0n) is 6.08. The number of aliphatic hydroxyl groups is 2. The van der Waals surface area contributed by atoms with E-state index >= 15 is 0 Å². The van der Waals surface area contributed by atoms with E-state index in [-0.39, 0.29) is 5.41 Å². The van der Waals surface area contributed by atoms with Gasteiger partial charge in [0.1, 0.15) is 0 Å². The molecular weight excluding hydrogens is 128 g/mol. The average molecular weight is 142 g/mol. The predicted molar refractivity (Wildman–Crippen MR) is 37.2 cm³/mol. The normalized spacial score (nSPS) is 45.3. The Labute approximate surface area is 60.9 Å². The summed E-state index contributed by atoms with van der Waals surface area (Å²) in [6.07, 6.45) is 4.52. The molecule has 10 heavy (non-hydrogen) atoms. The molecule has 2 rings (SSSR count). The molecule has 0 radical (unpaired) electrons. The molecular formula is C8H14O2. The first kappa shape index (κ1) is 6.62. The van der Waals surface area contributed by atoms with Gasteiger partial charge in [0.05, 0.1) is 0 Å². The lowest BCUT2D eigenvalue weighted by Crippen LogP contribution is -2.30. The average Bonchev–Trinajstić information content (AvgIpc) is 2.45. The van der Waals surface area contributed by atoms with Crippen molar-refractivity contribution in [3.05, 3.63) is 0 Å². The van der Waals surface area contributed by atoms with Gasteiger partial charge < -0.3 is 10.2 Å². The monoisotopic (exact) mass is 142 g/mol. The first-order valence-corrected chi connectivity index (χ1v) is 4.09. The zero-order chi connectivity index (χ0) is 7.19. The molecule has 0 spiro atoms. The Morgan fingerprint density at radius 1 is 1.20 bits per heavy atom. The number of fused-ring (bicyclic) bond motifs is 2. The van der Waals surface area contributed by atoms with E-state index in [0.29, 0.717) is 0 Å². The van der Waals surface area contributed by atoms with E-state index in [2.05, 4.69) is 0 Å². The van der Waals surface area contributed by atoms with Gasteiger partial charge in [0.15, 0.2) is 6.29 Å². The van der Waals surface area contributed by atoms with E-state index in [1.54, 1.807) is 0 Å². The lowest BCUT2D eigenvalue weighted by Gasteiger charge is -2.27. The first-order chi connectivity index (χ1) is 4.73. The van der Waals surface area contributed by atoms with Gasteiger partial charge in [-0.1, -0.05) is 0 Å². The molecule has 2 aliphatic rings. The molecule has 0 saturated heterocycles. The van der Waals surface area contributed by atoms with Crippen LogP contribution in [0.4, 0.5) is 0 Å². The Morgan fingerprint density at radius 2 is 1.80 bits per heavy atom. The smallest absolute Gasteiger partial charge is 0.157 e. The van der Waals surface area contributed by atoms with Crippen LogP contribution < -0.4 is 0 Å². The van der Waals surface area contributed by atoms with Crippen molar-refractivity contribution in [2.24, 2.45) is 11.3 Å². The second kappa shape index (κ2) is 1.95. The molecule has 2 N–H and O–H groups in total. The predicted octanol–water partition coefficient (Wildman–Crippen LogP) is 0.877. The summed E-state index contributed by atoms with van der Waals surface area (Å²) in [6.45, 7) is 0. The van der Waals surface area contributed by atoms with Crippen LogP contribution in [0.2, 0.25) is 0 Å². The summed E-state index contributed by atoms with van der Waals surface area (Å²) in [5.74, 6) is 0.807. The van der Waals surface area contributed by atoms with Gasteiger partial charge in [-0.25, -0.2) is 0 Å². The van der Waals surface area contributed by atoms with Crippen LogP contribution in [0, 0.1) is 11.3 Å². The second-order valence-corrected chi connectivity index (χ2v) is 3.88. The van der Waals surface area contributed by atoms with E-state index in [9.17, 15) is 0 Å². The highest BCUT2D eigenvalue weighted by Crippen LogP contribution is 2.55. The van der Waals surface area contributed by atoms with Crippen LogP contribution in [0.1, 0.15) is 32.1 Å². The molecule has 0 atom stereocenters. The Kier molecular flexibility index (Phi) is 1.29. The van der Waals surface area contributed by atoms with Crippen molar-refractivity contribution < 1.29 is 10.2 Å². The molecule has 2 nitrogen and oxygen atoms in total. The molecule has 2 heteroatoms. The van der Waals surface area contributed by atoms with Gasteiger partial charge >= 0.3 is 0 Å². The Hall–Kier alpha value is -0.0800. The Balaban J connectivity index is 2.15. The minimum atomic E-state index is -1.06. The highest BCUT2D eigenvalue weighted by atomic mass is 16.5. The molecule has 0 amide bonds. The van der Waals surface area contributed by atoms with E-state index in [0.717, 1.165) is 25.2 Å². The van der Waals surface area contributed by atoms with Crippen LogP contribution in [0.25, 0.3) is 0 Å². The lowest BCUT2D eigenvalue weighted by atomic mass is 9.84. The number of rotatable bonds is 1. The van der Waals surface area contributed by atoms with Crippen molar-refractivity contribution in [3.63, 3.8) is 0 Å². The molecule has 0 unspecified atom stereocenters. The summed E-state index contributed by atoms with van der Waals surface area (Å²) in [6, 6.07) is 0. The van der Waals surface area contributed by atoms with Crippen molar-refractivity contribution in [2.75, 3.05) is 0 Å². The van der Waals surface area contributed by atoms with Crippen molar-refractivity contribution in [1.82, 2.24) is 0 Å². The van der Waals surface area contributed by atoms with Gasteiger partial charge in [-0.05, 0) is 38.0 Å². The van der Waals surface area contributed by atoms with Crippen molar-refractivity contribution in [2.45, 2.75) is 38.4 Å². The molecule has 58 valence electrons. The maximum atomic E-state index is 9.08. The van der Waals surface area contributed by atoms with Gasteiger partial charge in [0.25, 0.3) is 0 Å². The van der Waals surface area contributed by atoms with Crippen molar-refractivity contribution >= 4 is 0 Å². The maximum absolute atomic E-state index is 9.08. The van der Waals surface area contributed by atoms with E-state index in [4.69, 9.17) is 10.2 Å². The fourth-order valence-corrected chi connectivity index (χ4v) is 2.60. The quantitative estimate of drug-likeness (QED) is 0.533. The van der Waals surface area contributed by atoms with Gasteiger partial charge in [0, 0.05) is 5.41 Å². The summed E-state index contributed by atoms with van der Waals surface area (Å²) >= 11 is 0. The van der Waals surface area contributed by atoms with E-state index in [1.165, 1.54) is 12.8 Å². The van der Waals surface area contributed by atoms with Crippen LogP contribution in [0.5, 0.6) is 0 Å². The molecule has 0 heterocycles. The molecule has 0 aromatic rings. The van der Waals surface area contributed by atoms with Crippen molar-refractivity contribution in [1.29, 1.82) is 0 Å². The second-order valence-electron chi connectivity index (χ2n) is 3.88. The minimum Gasteiger partial charge on any atom is -0.368 e. The molecule has 0 aliphatic heterocycles. The fraction of sp³-hybridized carbons (Fsp3) is 1.00. The SMILES string of the molecule is OC(O)C12CCC(CC1)C2. The zero-order valence-corrected chi connectivity index (χ0v) is 6.08. The van der Waals surface area contributed by atoms with Gasteiger partial charge in [0.2, 0.25) is 0 Å². The molecule has 2 fully saturated rings. The number of aliphatic hydroxyl groups excluding tert-OH is 1. The minimum absolute atomic E-state index is 0.0787. The standard InChI is InChI=1S/C8H14O2/c9-7(10)8-3-1-6(5-8)2-4-8/h6-7,9-10H,1-5H2. The van der Waals surface area contributed by atoms with Crippen LogP contribution in [0.3, 0.4) is 0 Å². The van der Waals surface area contributed by atoms with Crippen molar-refractivity contribution in [3.8, 4) is 0 Å². The Morgan fingerprint density at radius 3 is 2.00 bits per heavy atom. The van der Waals surface area contributed by atoms with Gasteiger partial charge in [-0.3, -0.25) is 0 Å². The maximum Gasteiger partial charge on any atom is 0.157 e. The third-order valence-electron chi connectivity index (χ3n) is 3.34. The third-order valence-corrected chi connectivity index (χ3v) is 3.34. The molecule has 2 saturated carbocycles. The first-order valence-electron chi connectivity index (χ1n) is 4.09. The lowest BCUT2D eigenvalue weighted by molar-refractivity contribution is -0.131. The van der Waals surface area contributed by atoms with Crippen LogP contribution >= 0.6 is 0 Å². The summed E-state index contributed by atoms with van der Waals surface area (Å²) in [5, 5.41) is 18.2.